The standard InChI is InChI=1S/C19H34N6O2S.HI/c1-3-4-5-7-11-22-19(20-2)23-12-17-28(26,27)25-15-13-24(14-16-25)18-9-6-8-10-21-18;/h6,8-10H,3-5,7,11-17H2,1-2H3,(H2,20,22,23);1H. The van der Waals surface area contributed by atoms with Crippen molar-refractivity contribution in [1.82, 2.24) is 19.9 Å². The molecule has 0 spiro atoms. The normalized spacial score (nSPS) is 15.7. The van der Waals surface area contributed by atoms with Gasteiger partial charge < -0.3 is 15.5 Å². The van der Waals surface area contributed by atoms with Crippen molar-refractivity contribution in [3.8, 4) is 0 Å². The van der Waals surface area contributed by atoms with Gasteiger partial charge in [-0.1, -0.05) is 32.3 Å². The number of aliphatic imine (C=N–C) groups is 1. The zero-order valence-corrected chi connectivity index (χ0v) is 20.7. The summed E-state index contributed by atoms with van der Waals surface area (Å²) in [5.74, 6) is 1.62. The molecule has 29 heavy (non-hydrogen) atoms. The molecule has 0 aromatic carbocycles. The highest BCUT2D eigenvalue weighted by atomic mass is 127. The monoisotopic (exact) mass is 538 g/mol. The molecule has 2 rings (SSSR count). The lowest BCUT2D eigenvalue weighted by molar-refractivity contribution is 0.384. The molecule has 1 fully saturated rings. The van der Waals surface area contributed by atoms with Crippen LogP contribution in [-0.4, -0.2) is 75.7 Å². The van der Waals surface area contributed by atoms with Crippen molar-refractivity contribution in [2.24, 2.45) is 4.99 Å². The average Bonchev–Trinajstić information content (AvgIpc) is 2.73. The fourth-order valence-corrected chi connectivity index (χ4v) is 4.48. The van der Waals surface area contributed by atoms with Gasteiger partial charge in [-0.25, -0.2) is 13.4 Å². The van der Waals surface area contributed by atoms with Crippen molar-refractivity contribution in [3.63, 3.8) is 0 Å². The number of nitrogens with one attached hydrogen (secondary N) is 2. The highest BCUT2D eigenvalue weighted by Gasteiger charge is 2.27. The smallest absolute Gasteiger partial charge is 0.215 e. The Hall–Kier alpha value is -1.14. The number of sulfonamides is 1. The summed E-state index contributed by atoms with van der Waals surface area (Å²) in [5.41, 5.74) is 0. The van der Waals surface area contributed by atoms with Crippen LogP contribution in [0, 0.1) is 0 Å². The number of nitrogens with zero attached hydrogens (tertiary/aromatic N) is 4. The second-order valence-corrected chi connectivity index (χ2v) is 8.96. The van der Waals surface area contributed by atoms with Crippen LogP contribution in [0.5, 0.6) is 0 Å². The van der Waals surface area contributed by atoms with E-state index in [0.717, 1.165) is 18.8 Å². The molecule has 2 N–H and O–H groups in total. The third-order valence-electron chi connectivity index (χ3n) is 4.80. The second kappa shape index (κ2) is 14.0. The molecular formula is C19H35IN6O2S. The second-order valence-electron chi connectivity index (χ2n) is 6.88. The summed E-state index contributed by atoms with van der Waals surface area (Å²) in [6, 6.07) is 5.78. The summed E-state index contributed by atoms with van der Waals surface area (Å²) in [6.07, 6.45) is 6.49. The summed E-state index contributed by atoms with van der Waals surface area (Å²) < 4.78 is 26.8. The Kier molecular flexibility index (Phi) is 12.5. The number of piperazine rings is 1. The maximum absolute atomic E-state index is 12.6. The lowest BCUT2D eigenvalue weighted by atomic mass is 10.2. The molecule has 1 saturated heterocycles. The SMILES string of the molecule is CCCCCCNC(=NC)NCCS(=O)(=O)N1CCN(c2ccccn2)CC1.I. The summed E-state index contributed by atoms with van der Waals surface area (Å²) >= 11 is 0. The summed E-state index contributed by atoms with van der Waals surface area (Å²) in [7, 11) is -1.58. The molecular weight excluding hydrogens is 503 g/mol. The number of guanidine groups is 1. The fourth-order valence-electron chi connectivity index (χ4n) is 3.14. The molecule has 0 aliphatic carbocycles. The van der Waals surface area contributed by atoms with Crippen molar-refractivity contribution in [2.45, 2.75) is 32.6 Å². The van der Waals surface area contributed by atoms with Gasteiger partial charge in [-0.2, -0.15) is 4.31 Å². The summed E-state index contributed by atoms with van der Waals surface area (Å²) in [5, 5.41) is 6.34. The van der Waals surface area contributed by atoms with Gasteiger partial charge in [-0.15, -0.1) is 24.0 Å². The number of pyridine rings is 1. The highest BCUT2D eigenvalue weighted by molar-refractivity contribution is 14.0. The van der Waals surface area contributed by atoms with Gasteiger partial charge >= 0.3 is 0 Å². The number of hydrogen-bond donors (Lipinski definition) is 2. The molecule has 0 unspecified atom stereocenters. The van der Waals surface area contributed by atoms with E-state index < -0.39 is 10.0 Å². The molecule has 2 heterocycles. The zero-order valence-electron chi connectivity index (χ0n) is 17.5. The maximum Gasteiger partial charge on any atom is 0.215 e. The molecule has 0 bridgehead atoms. The number of hydrogen-bond acceptors (Lipinski definition) is 5. The molecule has 1 aliphatic rings. The Labute approximate surface area is 192 Å². The predicted octanol–water partition coefficient (Wildman–Crippen LogP) is 1.90. The van der Waals surface area contributed by atoms with E-state index in [2.05, 4.69) is 32.4 Å². The van der Waals surface area contributed by atoms with E-state index in [4.69, 9.17) is 0 Å². The Bertz CT molecular complexity index is 694. The lowest BCUT2D eigenvalue weighted by Gasteiger charge is -2.34. The van der Waals surface area contributed by atoms with E-state index >= 15 is 0 Å². The van der Waals surface area contributed by atoms with E-state index in [0.29, 0.717) is 38.7 Å². The van der Waals surface area contributed by atoms with Gasteiger partial charge in [0, 0.05) is 52.5 Å². The van der Waals surface area contributed by atoms with Crippen LogP contribution in [0.25, 0.3) is 0 Å². The Morgan fingerprint density at radius 2 is 1.83 bits per heavy atom. The molecule has 10 heteroatoms. The van der Waals surface area contributed by atoms with E-state index in [1.165, 1.54) is 19.3 Å². The molecule has 166 valence electrons. The van der Waals surface area contributed by atoms with E-state index in [1.54, 1.807) is 17.5 Å². The Morgan fingerprint density at radius 3 is 2.45 bits per heavy atom. The number of unbranched alkanes of at least 4 members (excludes halogenated alkanes) is 3. The molecule has 0 atom stereocenters. The van der Waals surface area contributed by atoms with Crippen LogP contribution in [-0.2, 0) is 10.0 Å². The third kappa shape index (κ3) is 9.04. The average molecular weight is 539 g/mol. The topological polar surface area (TPSA) is 89.9 Å². The highest BCUT2D eigenvalue weighted by Crippen LogP contribution is 2.14. The first-order valence-corrected chi connectivity index (χ1v) is 11.8. The first kappa shape index (κ1) is 25.9. The first-order valence-electron chi connectivity index (χ1n) is 10.1. The van der Waals surface area contributed by atoms with Gasteiger partial charge in [0.05, 0.1) is 5.75 Å². The largest absolute Gasteiger partial charge is 0.356 e. The van der Waals surface area contributed by atoms with Crippen molar-refractivity contribution in [1.29, 1.82) is 0 Å². The van der Waals surface area contributed by atoms with Crippen LogP contribution in [0.1, 0.15) is 32.6 Å². The van der Waals surface area contributed by atoms with Crippen molar-refractivity contribution in [2.75, 3.05) is 57.0 Å². The van der Waals surface area contributed by atoms with Crippen LogP contribution in [0.4, 0.5) is 5.82 Å². The molecule has 1 aromatic rings. The Balaban J connectivity index is 0.00000420. The van der Waals surface area contributed by atoms with Gasteiger partial charge in [-0.3, -0.25) is 4.99 Å². The first-order chi connectivity index (χ1) is 13.6. The number of halogens is 1. The quantitative estimate of drug-likeness (QED) is 0.205. The predicted molar refractivity (Wildman–Crippen MR) is 131 cm³/mol. The van der Waals surface area contributed by atoms with E-state index in [9.17, 15) is 8.42 Å². The summed E-state index contributed by atoms with van der Waals surface area (Å²) in [6.45, 7) is 5.67. The van der Waals surface area contributed by atoms with Crippen LogP contribution in [0.3, 0.4) is 0 Å². The third-order valence-corrected chi connectivity index (χ3v) is 6.68. The van der Waals surface area contributed by atoms with Gasteiger partial charge in [0.25, 0.3) is 0 Å². The van der Waals surface area contributed by atoms with Crippen LogP contribution >= 0.6 is 24.0 Å². The Morgan fingerprint density at radius 1 is 1.10 bits per heavy atom. The van der Waals surface area contributed by atoms with Crippen molar-refractivity contribution in [3.05, 3.63) is 24.4 Å². The molecule has 1 aromatic heterocycles. The molecule has 0 amide bonds. The molecule has 0 radical (unpaired) electrons. The minimum atomic E-state index is -3.28. The van der Waals surface area contributed by atoms with Gasteiger partial charge in [-0.05, 0) is 18.6 Å². The van der Waals surface area contributed by atoms with E-state index in [-0.39, 0.29) is 29.7 Å². The minimum absolute atomic E-state index is 0. The van der Waals surface area contributed by atoms with Gasteiger partial charge in [0.15, 0.2) is 5.96 Å². The zero-order chi connectivity index (χ0) is 20.2. The van der Waals surface area contributed by atoms with Gasteiger partial charge in [0.1, 0.15) is 5.82 Å². The number of anilines is 1. The van der Waals surface area contributed by atoms with Crippen LogP contribution in [0.15, 0.2) is 29.4 Å². The van der Waals surface area contributed by atoms with E-state index in [1.807, 2.05) is 18.2 Å². The summed E-state index contributed by atoms with van der Waals surface area (Å²) in [4.78, 5) is 10.6. The fraction of sp³-hybridized carbons (Fsp3) is 0.684. The van der Waals surface area contributed by atoms with Crippen LogP contribution in [0.2, 0.25) is 0 Å². The minimum Gasteiger partial charge on any atom is -0.356 e. The molecule has 8 nitrogen and oxygen atoms in total. The van der Waals surface area contributed by atoms with Crippen molar-refractivity contribution < 1.29 is 8.42 Å². The molecule has 0 saturated carbocycles. The van der Waals surface area contributed by atoms with Crippen molar-refractivity contribution >= 4 is 45.8 Å². The molecule has 1 aliphatic heterocycles. The lowest BCUT2D eigenvalue weighted by Crippen LogP contribution is -2.50. The van der Waals surface area contributed by atoms with Crippen LogP contribution < -0.4 is 15.5 Å². The number of aromatic nitrogens is 1. The number of rotatable bonds is 10. The maximum atomic E-state index is 12.6. The van der Waals surface area contributed by atoms with Gasteiger partial charge in [0.2, 0.25) is 10.0 Å².